The van der Waals surface area contributed by atoms with Crippen LogP contribution in [0.2, 0.25) is 0 Å². The third kappa shape index (κ3) is 3.30. The van der Waals surface area contributed by atoms with E-state index < -0.39 is 6.57 Å². The molecule has 1 aliphatic heterocycles. The van der Waals surface area contributed by atoms with Crippen LogP contribution in [0.5, 0.6) is 0 Å². The predicted octanol–water partition coefficient (Wildman–Crippen LogP) is 2.25. The van der Waals surface area contributed by atoms with E-state index in [1.165, 1.54) is 11.4 Å². The molecule has 1 saturated heterocycles. The minimum absolute atomic E-state index is 0.00887. The van der Waals surface area contributed by atoms with Gasteiger partial charge in [0, 0.05) is 12.7 Å². The van der Waals surface area contributed by atoms with E-state index in [9.17, 15) is 4.57 Å². The molecule has 4 atom stereocenters. The van der Waals surface area contributed by atoms with Gasteiger partial charge in [0.25, 0.3) is 6.57 Å². The van der Waals surface area contributed by atoms with Gasteiger partial charge in [0.1, 0.15) is 7.85 Å². The van der Waals surface area contributed by atoms with E-state index in [0.717, 1.165) is 6.42 Å². The van der Waals surface area contributed by atoms with Gasteiger partial charge in [0.2, 0.25) is 0 Å². The largest absolute Gasteiger partial charge is 0.382 e. The van der Waals surface area contributed by atoms with Crippen LogP contribution >= 0.6 is 18.0 Å². The predicted molar refractivity (Wildman–Crippen MR) is 61.2 cm³/mol. The number of hydrogen-bond donors (Lipinski definition) is 0. The third-order valence-corrected chi connectivity index (χ3v) is 5.85. The highest BCUT2D eigenvalue weighted by atomic mass is 32.7. The van der Waals surface area contributed by atoms with Crippen LogP contribution in [-0.2, 0) is 13.8 Å². The van der Waals surface area contributed by atoms with Gasteiger partial charge < -0.3 is 9.26 Å². The fourth-order valence-corrected chi connectivity index (χ4v) is 2.90. The topological polar surface area (TPSA) is 35.5 Å². The van der Waals surface area contributed by atoms with Gasteiger partial charge in [-0.25, -0.2) is 0 Å². The van der Waals surface area contributed by atoms with Gasteiger partial charge in [-0.15, -0.1) is 0 Å². The van der Waals surface area contributed by atoms with Crippen molar-refractivity contribution in [3.8, 4) is 0 Å². The van der Waals surface area contributed by atoms with Gasteiger partial charge in [-0.05, 0) is 19.1 Å². The molecule has 14 heavy (non-hydrogen) atoms. The Bertz CT molecular complexity index is 239. The molecule has 6 heteroatoms. The first-order valence-corrected chi connectivity index (χ1v) is 8.61. The summed E-state index contributed by atoms with van der Waals surface area (Å²) in [5.74, 6) is 0. The molecule has 1 heterocycles. The Morgan fingerprint density at radius 1 is 1.71 bits per heavy atom. The van der Waals surface area contributed by atoms with Crippen LogP contribution in [0.1, 0.15) is 19.8 Å². The van der Waals surface area contributed by atoms with Gasteiger partial charge in [0.15, 0.2) is 0 Å². The van der Waals surface area contributed by atoms with E-state index in [4.69, 9.17) is 17.1 Å². The van der Waals surface area contributed by atoms with E-state index in [0.29, 0.717) is 6.42 Å². The summed E-state index contributed by atoms with van der Waals surface area (Å²) in [5, 5.41) is 0. The van der Waals surface area contributed by atoms with Crippen molar-refractivity contribution in [1.29, 1.82) is 0 Å². The molecule has 0 aromatic rings. The summed E-state index contributed by atoms with van der Waals surface area (Å²) in [4.78, 5) is 0. The standard InChI is InChI=1S/C8H16BO3PS/c1-4-6-7(5-8(9)11-6)12-13(2,10)14-3/h6-8H,4-5H2,1-3H3/t6-,7+,8-,13+/m1/s1. The zero-order valence-electron chi connectivity index (χ0n) is 8.80. The summed E-state index contributed by atoms with van der Waals surface area (Å²) in [7, 11) is 5.65. The summed E-state index contributed by atoms with van der Waals surface area (Å²) < 4.78 is 22.7. The zero-order valence-corrected chi connectivity index (χ0v) is 10.5. The molecule has 0 saturated carbocycles. The summed E-state index contributed by atoms with van der Waals surface area (Å²) in [5.41, 5.74) is 0. The van der Waals surface area contributed by atoms with Crippen LogP contribution in [0.3, 0.4) is 0 Å². The van der Waals surface area contributed by atoms with Crippen LogP contribution in [0, 0.1) is 0 Å². The summed E-state index contributed by atoms with van der Waals surface area (Å²) in [6.45, 7) is 1.13. The minimum Gasteiger partial charge on any atom is -0.382 e. The third-order valence-electron chi connectivity index (χ3n) is 2.29. The van der Waals surface area contributed by atoms with Crippen molar-refractivity contribution in [3.05, 3.63) is 0 Å². The molecule has 3 nitrogen and oxygen atoms in total. The van der Waals surface area contributed by atoms with Crippen LogP contribution in [-0.4, -0.2) is 39.0 Å². The molecular weight excluding hydrogens is 218 g/mol. The molecule has 2 radical (unpaired) electrons. The molecule has 0 N–H and O–H groups in total. The molecular formula is C8H16BO3PS. The van der Waals surface area contributed by atoms with E-state index in [1.54, 1.807) is 12.9 Å². The maximum atomic E-state index is 11.8. The van der Waals surface area contributed by atoms with Crippen molar-refractivity contribution < 1.29 is 13.8 Å². The Morgan fingerprint density at radius 3 is 2.86 bits per heavy atom. The maximum Gasteiger partial charge on any atom is 0.254 e. The average Bonchev–Trinajstić information content (AvgIpc) is 2.45. The lowest BCUT2D eigenvalue weighted by atomic mass is 9.96. The van der Waals surface area contributed by atoms with Crippen molar-refractivity contribution in [1.82, 2.24) is 0 Å². The van der Waals surface area contributed by atoms with Gasteiger partial charge >= 0.3 is 0 Å². The van der Waals surface area contributed by atoms with Crippen molar-refractivity contribution in [3.63, 3.8) is 0 Å². The lowest BCUT2D eigenvalue weighted by Crippen LogP contribution is -2.22. The van der Waals surface area contributed by atoms with Gasteiger partial charge in [-0.2, -0.15) is 0 Å². The summed E-state index contributed by atoms with van der Waals surface area (Å²) in [6, 6.07) is -0.271. The van der Waals surface area contributed by atoms with Gasteiger partial charge in [0.05, 0.1) is 12.2 Å². The minimum atomic E-state index is -2.52. The molecule has 1 aliphatic rings. The molecule has 0 spiro atoms. The number of ether oxygens (including phenoxy) is 1. The highest BCUT2D eigenvalue weighted by molar-refractivity contribution is 8.56. The average molecular weight is 234 g/mol. The highest BCUT2D eigenvalue weighted by Crippen LogP contribution is 2.56. The molecule has 1 rings (SSSR count). The van der Waals surface area contributed by atoms with Crippen LogP contribution in [0.4, 0.5) is 0 Å². The quantitative estimate of drug-likeness (QED) is 0.552. The first-order chi connectivity index (χ1) is 6.48. The molecule has 1 fully saturated rings. The first kappa shape index (κ1) is 12.6. The van der Waals surface area contributed by atoms with E-state index >= 15 is 0 Å². The highest BCUT2D eigenvalue weighted by Gasteiger charge is 2.35. The maximum absolute atomic E-state index is 11.8. The van der Waals surface area contributed by atoms with E-state index in [-0.39, 0.29) is 18.2 Å². The lowest BCUT2D eigenvalue weighted by Gasteiger charge is -2.20. The number of rotatable bonds is 4. The fraction of sp³-hybridized carbons (Fsp3) is 1.00. The normalized spacial score (nSPS) is 36.9. The Morgan fingerprint density at radius 2 is 2.36 bits per heavy atom. The van der Waals surface area contributed by atoms with Crippen molar-refractivity contribution in [2.24, 2.45) is 0 Å². The summed E-state index contributed by atoms with van der Waals surface area (Å²) >= 11 is 1.26. The lowest BCUT2D eigenvalue weighted by molar-refractivity contribution is 0.0425. The monoisotopic (exact) mass is 234 g/mol. The molecule has 80 valence electrons. The molecule has 0 aliphatic carbocycles. The van der Waals surface area contributed by atoms with Gasteiger partial charge in [-0.1, -0.05) is 18.3 Å². The molecule has 0 amide bonds. The van der Waals surface area contributed by atoms with Crippen LogP contribution < -0.4 is 0 Å². The second kappa shape index (κ2) is 5.06. The SMILES string of the molecule is [B][C@H]1C[C@H](O[P@](C)(=O)SC)[C@@H](CC)O1. The van der Waals surface area contributed by atoms with E-state index in [1.807, 2.05) is 6.92 Å². The number of hydrogen-bond acceptors (Lipinski definition) is 4. The van der Waals surface area contributed by atoms with Crippen LogP contribution in [0.15, 0.2) is 0 Å². The Balaban J connectivity index is 2.55. The van der Waals surface area contributed by atoms with E-state index in [2.05, 4.69) is 0 Å². The summed E-state index contributed by atoms with van der Waals surface area (Å²) in [6.07, 6.45) is 3.14. The molecule has 0 bridgehead atoms. The molecule has 0 aromatic carbocycles. The van der Waals surface area contributed by atoms with Crippen molar-refractivity contribution in [2.75, 3.05) is 12.9 Å². The Hall–Kier alpha value is 0.565. The van der Waals surface area contributed by atoms with Gasteiger partial charge in [-0.3, -0.25) is 4.57 Å². The van der Waals surface area contributed by atoms with Crippen molar-refractivity contribution in [2.45, 2.75) is 38.0 Å². The zero-order chi connectivity index (χ0) is 10.8. The Kier molecular flexibility index (Phi) is 4.57. The molecule has 0 unspecified atom stereocenters. The first-order valence-electron chi connectivity index (χ1n) is 4.71. The second-order valence-electron chi connectivity index (χ2n) is 3.45. The van der Waals surface area contributed by atoms with Crippen molar-refractivity contribution >= 4 is 25.8 Å². The molecule has 0 aromatic heterocycles. The fourth-order valence-electron chi connectivity index (χ4n) is 1.51. The Labute approximate surface area is 90.9 Å². The smallest absolute Gasteiger partial charge is 0.254 e. The van der Waals surface area contributed by atoms with Crippen LogP contribution in [0.25, 0.3) is 0 Å². The second-order valence-corrected chi connectivity index (χ2v) is 8.66.